The van der Waals surface area contributed by atoms with Crippen molar-refractivity contribution < 1.29 is 17.9 Å². The van der Waals surface area contributed by atoms with E-state index in [1.807, 2.05) is 13.8 Å². The van der Waals surface area contributed by atoms with E-state index >= 15 is 0 Å². The number of rotatable bonds is 8. The summed E-state index contributed by atoms with van der Waals surface area (Å²) in [6, 6.07) is 5.16. The zero-order valence-electron chi connectivity index (χ0n) is 16.1. The van der Waals surface area contributed by atoms with Gasteiger partial charge in [-0.15, -0.1) is 0 Å². The van der Waals surface area contributed by atoms with E-state index in [1.54, 1.807) is 23.1 Å². The van der Waals surface area contributed by atoms with E-state index in [2.05, 4.69) is 16.3 Å². The highest BCUT2D eigenvalue weighted by molar-refractivity contribution is 7.89. The summed E-state index contributed by atoms with van der Waals surface area (Å²) in [6.45, 7) is 8.82. The van der Waals surface area contributed by atoms with Crippen LogP contribution >= 0.6 is 0 Å². The molecule has 1 atom stereocenters. The molecule has 2 heterocycles. The fraction of sp³-hybridized carbons (Fsp3) is 0.579. The number of carbonyl (C=O) groups is 1. The van der Waals surface area contributed by atoms with Crippen molar-refractivity contribution in [3.05, 3.63) is 36.2 Å². The number of amides is 1. The molecule has 1 aliphatic heterocycles. The molecule has 1 fully saturated rings. The summed E-state index contributed by atoms with van der Waals surface area (Å²) in [6.07, 6.45) is 2.51. The maximum atomic E-state index is 12.5. The van der Waals surface area contributed by atoms with E-state index in [1.165, 1.54) is 0 Å². The molecule has 2 rings (SSSR count). The lowest BCUT2D eigenvalue weighted by Gasteiger charge is -2.28. The fourth-order valence-corrected chi connectivity index (χ4v) is 4.07. The molecule has 1 amide bonds. The second kappa shape index (κ2) is 9.85. The van der Waals surface area contributed by atoms with E-state index in [4.69, 9.17) is 4.74 Å². The molecule has 8 heteroatoms. The lowest BCUT2D eigenvalue weighted by atomic mass is 10.1. The van der Waals surface area contributed by atoms with Gasteiger partial charge in [0.25, 0.3) is 0 Å². The third-order valence-corrected chi connectivity index (χ3v) is 5.76. The van der Waals surface area contributed by atoms with Crippen LogP contribution in [0.3, 0.4) is 0 Å². The predicted molar refractivity (Wildman–Crippen MR) is 105 cm³/mol. The number of ether oxygens (including phenoxy) is 1. The van der Waals surface area contributed by atoms with Gasteiger partial charge in [0.05, 0.1) is 17.1 Å². The second-order valence-corrected chi connectivity index (χ2v) is 8.70. The van der Waals surface area contributed by atoms with Crippen LogP contribution in [0.4, 0.5) is 4.79 Å². The Morgan fingerprint density at radius 1 is 1.33 bits per heavy atom. The van der Waals surface area contributed by atoms with Crippen molar-refractivity contribution in [2.75, 3.05) is 18.8 Å². The Bertz CT molecular complexity index is 758. The molecular formula is C19H29N3O4S. The van der Waals surface area contributed by atoms with Crippen LogP contribution in [0.15, 0.2) is 24.8 Å². The van der Waals surface area contributed by atoms with Crippen molar-refractivity contribution in [2.45, 2.75) is 52.2 Å². The SMILES string of the molecule is C=C(C)c1cccc(C(NS(=O)(=O)CCCC)OC(=O)N2CCCCC2)n1. The average molecular weight is 396 g/mol. The quantitative estimate of drug-likeness (QED) is 0.681. The summed E-state index contributed by atoms with van der Waals surface area (Å²) in [5, 5.41) is 0. The summed E-state index contributed by atoms with van der Waals surface area (Å²) in [5.74, 6) is -0.0263. The smallest absolute Gasteiger partial charge is 0.411 e. The molecule has 1 aromatic heterocycles. The maximum absolute atomic E-state index is 12.5. The number of piperidine rings is 1. The van der Waals surface area contributed by atoms with Crippen LogP contribution < -0.4 is 4.72 Å². The average Bonchev–Trinajstić information content (AvgIpc) is 2.66. The van der Waals surface area contributed by atoms with E-state index in [-0.39, 0.29) is 5.75 Å². The lowest BCUT2D eigenvalue weighted by molar-refractivity contribution is 0.0509. The molecular weight excluding hydrogens is 366 g/mol. The highest BCUT2D eigenvalue weighted by Gasteiger charge is 2.27. The molecule has 27 heavy (non-hydrogen) atoms. The van der Waals surface area contributed by atoms with Gasteiger partial charge in [0, 0.05) is 13.1 Å². The monoisotopic (exact) mass is 395 g/mol. The number of hydrogen-bond acceptors (Lipinski definition) is 5. The minimum Gasteiger partial charge on any atom is -0.423 e. The number of pyridine rings is 1. The Balaban J connectivity index is 2.23. The first-order valence-electron chi connectivity index (χ1n) is 9.41. The van der Waals surface area contributed by atoms with E-state index in [0.29, 0.717) is 30.9 Å². The fourth-order valence-electron chi connectivity index (χ4n) is 2.79. The minimum atomic E-state index is -3.61. The van der Waals surface area contributed by atoms with Crippen molar-refractivity contribution in [3.8, 4) is 0 Å². The van der Waals surface area contributed by atoms with Gasteiger partial charge in [0.15, 0.2) is 0 Å². The van der Waals surface area contributed by atoms with Gasteiger partial charge in [0.1, 0.15) is 0 Å². The molecule has 1 unspecified atom stereocenters. The summed E-state index contributed by atoms with van der Waals surface area (Å²) >= 11 is 0. The van der Waals surface area contributed by atoms with Gasteiger partial charge < -0.3 is 9.64 Å². The van der Waals surface area contributed by atoms with Gasteiger partial charge in [0.2, 0.25) is 16.3 Å². The van der Waals surface area contributed by atoms with Crippen LogP contribution in [0, 0.1) is 0 Å². The van der Waals surface area contributed by atoms with Gasteiger partial charge in [-0.1, -0.05) is 26.0 Å². The molecule has 1 saturated heterocycles. The highest BCUT2D eigenvalue weighted by atomic mass is 32.2. The molecule has 0 bridgehead atoms. The maximum Gasteiger partial charge on any atom is 0.411 e. The van der Waals surface area contributed by atoms with Gasteiger partial charge in [-0.3, -0.25) is 0 Å². The van der Waals surface area contributed by atoms with Crippen molar-refractivity contribution in [3.63, 3.8) is 0 Å². The number of nitrogens with zero attached hydrogens (tertiary/aromatic N) is 2. The predicted octanol–water partition coefficient (Wildman–Crippen LogP) is 3.46. The molecule has 0 spiro atoms. The Morgan fingerprint density at radius 3 is 2.67 bits per heavy atom. The normalized spacial score (nSPS) is 16.0. The van der Waals surface area contributed by atoms with Crippen LogP contribution in [-0.2, 0) is 14.8 Å². The largest absolute Gasteiger partial charge is 0.423 e. The minimum absolute atomic E-state index is 0.0263. The first-order chi connectivity index (χ1) is 12.8. The molecule has 0 saturated carbocycles. The lowest BCUT2D eigenvalue weighted by Crippen LogP contribution is -2.40. The first kappa shape index (κ1) is 21.4. The zero-order chi connectivity index (χ0) is 19.9. The van der Waals surface area contributed by atoms with Crippen LogP contribution in [0.2, 0.25) is 0 Å². The van der Waals surface area contributed by atoms with Gasteiger partial charge >= 0.3 is 6.09 Å². The number of allylic oxidation sites excluding steroid dienone is 1. The number of sulfonamides is 1. The molecule has 1 N–H and O–H groups in total. The molecule has 0 radical (unpaired) electrons. The summed E-state index contributed by atoms with van der Waals surface area (Å²) in [7, 11) is -3.61. The van der Waals surface area contributed by atoms with Crippen LogP contribution in [0.5, 0.6) is 0 Å². The van der Waals surface area contributed by atoms with E-state index < -0.39 is 22.3 Å². The van der Waals surface area contributed by atoms with Crippen molar-refractivity contribution in [1.29, 1.82) is 0 Å². The van der Waals surface area contributed by atoms with Crippen LogP contribution in [0.1, 0.15) is 63.6 Å². The molecule has 1 aliphatic rings. The summed E-state index contributed by atoms with van der Waals surface area (Å²) in [5.41, 5.74) is 1.70. The first-order valence-corrected chi connectivity index (χ1v) is 11.1. The summed E-state index contributed by atoms with van der Waals surface area (Å²) < 4.78 is 32.8. The van der Waals surface area contributed by atoms with Crippen molar-refractivity contribution in [2.24, 2.45) is 0 Å². The number of likely N-dealkylation sites (tertiary alicyclic amines) is 1. The third-order valence-electron chi connectivity index (χ3n) is 4.36. The molecule has 0 aromatic carbocycles. The highest BCUT2D eigenvalue weighted by Crippen LogP contribution is 2.20. The molecule has 1 aromatic rings. The van der Waals surface area contributed by atoms with Gasteiger partial charge in [-0.25, -0.2) is 18.2 Å². The van der Waals surface area contributed by atoms with Gasteiger partial charge in [-0.05, 0) is 50.3 Å². The van der Waals surface area contributed by atoms with Crippen molar-refractivity contribution >= 4 is 21.7 Å². The molecule has 0 aliphatic carbocycles. The third kappa shape index (κ3) is 6.62. The van der Waals surface area contributed by atoms with Gasteiger partial charge in [-0.2, -0.15) is 4.72 Å². The number of aromatic nitrogens is 1. The number of carbonyl (C=O) groups excluding carboxylic acids is 1. The Kier molecular flexibility index (Phi) is 7.79. The molecule has 7 nitrogen and oxygen atoms in total. The van der Waals surface area contributed by atoms with Crippen LogP contribution in [0.25, 0.3) is 5.57 Å². The topological polar surface area (TPSA) is 88.6 Å². The summed E-state index contributed by atoms with van der Waals surface area (Å²) in [4.78, 5) is 18.5. The Labute approximate surface area is 161 Å². The van der Waals surface area contributed by atoms with E-state index in [0.717, 1.165) is 31.3 Å². The molecule has 150 valence electrons. The number of nitrogens with one attached hydrogen (secondary N) is 1. The number of hydrogen-bond donors (Lipinski definition) is 1. The van der Waals surface area contributed by atoms with Crippen molar-refractivity contribution in [1.82, 2.24) is 14.6 Å². The number of unbranched alkanes of at least 4 members (excludes halogenated alkanes) is 1. The second-order valence-electron chi connectivity index (χ2n) is 6.83. The Morgan fingerprint density at radius 2 is 2.04 bits per heavy atom. The zero-order valence-corrected chi connectivity index (χ0v) is 16.9. The van der Waals surface area contributed by atoms with E-state index in [9.17, 15) is 13.2 Å². The standard InChI is InChI=1S/C19H29N3O4S/c1-4-5-14-27(24,25)21-18(17-11-9-10-16(20-17)15(2)3)26-19(23)22-12-7-6-8-13-22/h9-11,18,21H,2,4-8,12-14H2,1,3H3. The Hall–Kier alpha value is -1.93. The van der Waals surface area contributed by atoms with Crippen LogP contribution in [-0.4, -0.2) is 43.2 Å².